The second kappa shape index (κ2) is 8.78. The number of anilines is 1. The Labute approximate surface area is 201 Å². The molecular weight excluding hydrogens is 502 g/mol. The smallest absolute Gasteiger partial charge is 0.274 e. The molecule has 5 aromatic rings. The highest BCUT2D eigenvalue weighted by molar-refractivity contribution is 9.10. The maximum atomic E-state index is 11.6. The van der Waals surface area contributed by atoms with Gasteiger partial charge >= 0.3 is 0 Å². The Hall–Kier alpha value is -3.53. The molecule has 0 aliphatic carbocycles. The van der Waals surface area contributed by atoms with Gasteiger partial charge in [-0.1, -0.05) is 57.6 Å². The van der Waals surface area contributed by atoms with Crippen LogP contribution in [0, 0.1) is 0 Å². The Kier molecular flexibility index (Phi) is 5.67. The maximum Gasteiger partial charge on any atom is 0.274 e. The van der Waals surface area contributed by atoms with Crippen LogP contribution in [0.4, 0.5) is 5.13 Å². The molecule has 1 amide bonds. The van der Waals surface area contributed by atoms with Gasteiger partial charge in [-0.3, -0.25) is 14.7 Å². The number of halogens is 1. The minimum Gasteiger partial charge on any atom is -0.375 e. The van der Waals surface area contributed by atoms with Gasteiger partial charge in [0.15, 0.2) is 5.13 Å². The minimum atomic E-state index is -0.545. The van der Waals surface area contributed by atoms with Crippen molar-refractivity contribution in [3.8, 4) is 22.5 Å². The summed E-state index contributed by atoms with van der Waals surface area (Å²) < 4.78 is 3.94. The van der Waals surface area contributed by atoms with Crippen molar-refractivity contribution in [2.24, 2.45) is 0 Å². The number of hydrogen-bond acceptors (Lipinski definition) is 6. The van der Waals surface area contributed by atoms with Crippen molar-refractivity contribution >= 4 is 48.5 Å². The number of carbonyl (C=O) groups excluding carboxylic acids is 1. The Morgan fingerprint density at radius 2 is 1.88 bits per heavy atom. The number of hydroxylamine groups is 1. The van der Waals surface area contributed by atoms with Crippen LogP contribution in [0.25, 0.3) is 32.7 Å². The first-order valence-electron chi connectivity index (χ1n) is 10.0. The van der Waals surface area contributed by atoms with Crippen molar-refractivity contribution < 1.29 is 10.0 Å². The van der Waals surface area contributed by atoms with E-state index in [2.05, 4.69) is 39.1 Å². The van der Waals surface area contributed by atoms with Gasteiger partial charge < -0.3 is 5.73 Å². The Balaban J connectivity index is 1.56. The number of aromatic nitrogens is 3. The van der Waals surface area contributed by atoms with Crippen molar-refractivity contribution in [1.29, 1.82) is 0 Å². The largest absolute Gasteiger partial charge is 0.375 e. The van der Waals surface area contributed by atoms with Crippen LogP contribution in [0.5, 0.6) is 0 Å². The number of amides is 1. The summed E-state index contributed by atoms with van der Waals surface area (Å²) in [7, 11) is 0. The van der Waals surface area contributed by atoms with E-state index < -0.39 is 5.91 Å². The summed E-state index contributed by atoms with van der Waals surface area (Å²) in [6.45, 7) is 0.513. The lowest BCUT2D eigenvalue weighted by Crippen LogP contribution is -2.18. The van der Waals surface area contributed by atoms with E-state index in [-0.39, 0.29) is 0 Å². The molecule has 0 aliphatic rings. The Bertz CT molecular complexity index is 1480. The van der Waals surface area contributed by atoms with Gasteiger partial charge in [0.1, 0.15) is 0 Å². The molecule has 0 fully saturated rings. The molecule has 0 spiro atoms. The van der Waals surface area contributed by atoms with E-state index in [9.17, 15) is 4.79 Å². The molecule has 0 aliphatic heterocycles. The van der Waals surface area contributed by atoms with E-state index in [0.29, 0.717) is 17.2 Å². The molecule has 0 radical (unpaired) electrons. The first kappa shape index (κ1) is 21.3. The van der Waals surface area contributed by atoms with E-state index in [4.69, 9.17) is 16.0 Å². The quantitative estimate of drug-likeness (QED) is 0.214. The highest BCUT2D eigenvalue weighted by Gasteiger charge is 2.14. The molecule has 4 N–H and O–H groups in total. The molecule has 2 aromatic heterocycles. The molecule has 2 heterocycles. The molecule has 3 aromatic carbocycles. The molecule has 164 valence electrons. The summed E-state index contributed by atoms with van der Waals surface area (Å²) in [6.07, 6.45) is 0. The van der Waals surface area contributed by atoms with Gasteiger partial charge in [-0.25, -0.2) is 10.5 Å². The molecule has 0 bridgehead atoms. The summed E-state index contributed by atoms with van der Waals surface area (Å²) in [6, 6.07) is 23.2. The fourth-order valence-electron chi connectivity index (χ4n) is 3.66. The topological polar surface area (TPSA) is 106 Å². The van der Waals surface area contributed by atoms with Gasteiger partial charge in [-0.05, 0) is 48.0 Å². The van der Waals surface area contributed by atoms with Crippen molar-refractivity contribution in [2.75, 3.05) is 5.73 Å². The first-order chi connectivity index (χ1) is 16.0. The Morgan fingerprint density at radius 3 is 2.64 bits per heavy atom. The van der Waals surface area contributed by atoms with Crippen molar-refractivity contribution in [2.45, 2.75) is 6.54 Å². The predicted octanol–water partition coefficient (Wildman–Crippen LogP) is 5.34. The Morgan fingerprint density at radius 1 is 1.06 bits per heavy atom. The molecule has 5 rings (SSSR count). The van der Waals surface area contributed by atoms with Crippen molar-refractivity contribution in [3.63, 3.8) is 0 Å². The number of fused-ring (bicyclic) bond motifs is 1. The predicted molar refractivity (Wildman–Crippen MR) is 133 cm³/mol. The number of carbonyl (C=O) groups is 1. The lowest BCUT2D eigenvalue weighted by atomic mass is 10.1. The van der Waals surface area contributed by atoms with Gasteiger partial charge in [0.2, 0.25) is 0 Å². The van der Waals surface area contributed by atoms with E-state index in [1.54, 1.807) is 17.6 Å². The van der Waals surface area contributed by atoms with Gasteiger partial charge in [0.05, 0.1) is 28.1 Å². The number of nitrogens with zero attached hydrogens (tertiary/aromatic N) is 3. The average molecular weight is 520 g/mol. The van der Waals surface area contributed by atoms with Crippen LogP contribution in [0.1, 0.15) is 15.9 Å². The van der Waals surface area contributed by atoms with E-state index in [1.165, 1.54) is 11.3 Å². The second-order valence-electron chi connectivity index (χ2n) is 7.46. The highest BCUT2D eigenvalue weighted by Crippen LogP contribution is 2.32. The fraction of sp³-hybridized carbons (Fsp3) is 0.0417. The fourth-order valence-corrected chi connectivity index (χ4v) is 4.83. The number of benzene rings is 3. The van der Waals surface area contributed by atoms with Crippen LogP contribution in [0.15, 0.2) is 77.3 Å². The van der Waals surface area contributed by atoms with E-state index >= 15 is 0 Å². The SMILES string of the molecule is Nc1nc2ccc(-c3cc(-c4cccc(Br)c4)n(Cc4ccc(C(=O)NO)cc4)n3)cc2s1. The zero-order chi connectivity index (χ0) is 22.9. The van der Waals surface area contributed by atoms with Crippen molar-refractivity contribution in [1.82, 2.24) is 20.2 Å². The van der Waals surface area contributed by atoms with Crippen LogP contribution >= 0.6 is 27.3 Å². The molecule has 9 heteroatoms. The summed E-state index contributed by atoms with van der Waals surface area (Å²) in [4.78, 5) is 15.9. The molecule has 33 heavy (non-hydrogen) atoms. The summed E-state index contributed by atoms with van der Waals surface area (Å²) in [5.74, 6) is -0.545. The third-order valence-corrected chi connectivity index (χ3v) is 6.59. The molecule has 0 atom stereocenters. The molecule has 0 saturated carbocycles. The standard InChI is InChI=1S/C24H18BrN5O2S/c25-18-3-1-2-17(10-18)21-12-20(16-8-9-19-22(11-16)33-24(26)27-19)28-30(21)13-14-4-6-15(7-5-14)23(31)29-32/h1-12,32H,13H2,(H2,26,27)(H,29,31). The molecule has 0 saturated heterocycles. The molecule has 0 unspecified atom stereocenters. The molecule has 7 nitrogen and oxygen atoms in total. The number of rotatable bonds is 5. The van der Waals surface area contributed by atoms with E-state index in [1.807, 2.05) is 47.1 Å². The van der Waals surface area contributed by atoms with Crippen LogP contribution in [-0.2, 0) is 6.54 Å². The summed E-state index contributed by atoms with van der Waals surface area (Å²) in [5.41, 5.74) is 13.6. The van der Waals surface area contributed by atoms with E-state index in [0.717, 1.165) is 42.8 Å². The first-order valence-corrected chi connectivity index (χ1v) is 11.6. The number of thiazole rings is 1. The van der Waals surface area contributed by atoms with Crippen LogP contribution in [-0.4, -0.2) is 25.9 Å². The van der Waals surface area contributed by atoms with Gasteiger partial charge in [-0.2, -0.15) is 5.10 Å². The third kappa shape index (κ3) is 4.38. The number of nitrogens with one attached hydrogen (secondary N) is 1. The van der Waals surface area contributed by atoms with Gasteiger partial charge in [-0.15, -0.1) is 0 Å². The zero-order valence-electron chi connectivity index (χ0n) is 17.2. The van der Waals surface area contributed by atoms with Crippen molar-refractivity contribution in [3.05, 3.63) is 88.4 Å². The summed E-state index contributed by atoms with van der Waals surface area (Å²) in [5, 5.41) is 14.3. The van der Waals surface area contributed by atoms with Crippen LogP contribution < -0.4 is 11.2 Å². The van der Waals surface area contributed by atoms with Crippen LogP contribution in [0.3, 0.4) is 0 Å². The monoisotopic (exact) mass is 519 g/mol. The third-order valence-electron chi connectivity index (χ3n) is 5.25. The number of hydrogen-bond donors (Lipinski definition) is 3. The lowest BCUT2D eigenvalue weighted by Gasteiger charge is -2.09. The lowest BCUT2D eigenvalue weighted by molar-refractivity contribution is 0.0706. The second-order valence-corrected chi connectivity index (χ2v) is 9.43. The number of nitrogens with two attached hydrogens (primary N) is 1. The van der Waals surface area contributed by atoms with Gasteiger partial charge in [0.25, 0.3) is 5.91 Å². The van der Waals surface area contributed by atoms with Gasteiger partial charge in [0, 0.05) is 21.2 Å². The average Bonchev–Trinajstić information content (AvgIpc) is 3.41. The van der Waals surface area contributed by atoms with Crippen LogP contribution in [0.2, 0.25) is 0 Å². The summed E-state index contributed by atoms with van der Waals surface area (Å²) >= 11 is 5.01. The maximum absolute atomic E-state index is 11.6. The zero-order valence-corrected chi connectivity index (χ0v) is 19.6. The number of nitrogen functional groups attached to an aromatic ring is 1. The highest BCUT2D eigenvalue weighted by atomic mass is 79.9. The minimum absolute atomic E-state index is 0.381. The normalized spacial score (nSPS) is 11.1. The molecular formula is C24H18BrN5O2S.